The van der Waals surface area contributed by atoms with Crippen LogP contribution >= 0.6 is 11.6 Å². The minimum Gasteiger partial charge on any atom is -0.252 e. The molecule has 0 amide bonds. The van der Waals surface area contributed by atoms with E-state index in [-0.39, 0.29) is 0 Å². The number of hydrogen-bond acceptors (Lipinski definition) is 1. The highest BCUT2D eigenvalue weighted by molar-refractivity contribution is 6.30. The van der Waals surface area contributed by atoms with E-state index in [1.165, 1.54) is 16.3 Å². The lowest BCUT2D eigenvalue weighted by Gasteiger charge is -2.07. The summed E-state index contributed by atoms with van der Waals surface area (Å²) in [5.74, 6) is 0. The zero-order chi connectivity index (χ0) is 13.4. The summed E-state index contributed by atoms with van der Waals surface area (Å²) in [5, 5.41) is 3.19. The van der Waals surface area contributed by atoms with E-state index >= 15 is 0 Å². The van der Waals surface area contributed by atoms with Crippen LogP contribution in [0, 0.1) is 13.8 Å². The molecule has 3 rings (SSSR count). The molecule has 0 spiro atoms. The summed E-state index contributed by atoms with van der Waals surface area (Å²) in [6, 6.07) is 16.4. The smallest absolute Gasteiger partial charge is 0.0711 e. The molecule has 0 radical (unpaired) electrons. The molecule has 1 heterocycles. The largest absolute Gasteiger partial charge is 0.252 e. The van der Waals surface area contributed by atoms with E-state index in [1.54, 1.807) is 0 Å². The number of benzene rings is 2. The van der Waals surface area contributed by atoms with Crippen molar-refractivity contribution in [3.63, 3.8) is 0 Å². The van der Waals surface area contributed by atoms with Crippen molar-refractivity contribution in [3.8, 4) is 11.3 Å². The van der Waals surface area contributed by atoms with Crippen LogP contribution in [0.25, 0.3) is 22.0 Å². The van der Waals surface area contributed by atoms with E-state index in [4.69, 9.17) is 11.6 Å². The third-order valence-electron chi connectivity index (χ3n) is 3.32. The van der Waals surface area contributed by atoms with Crippen molar-refractivity contribution in [1.29, 1.82) is 0 Å². The normalized spacial score (nSPS) is 10.9. The van der Waals surface area contributed by atoms with Crippen molar-refractivity contribution in [2.24, 2.45) is 0 Å². The number of aryl methyl sites for hydroxylation is 2. The third kappa shape index (κ3) is 2.34. The Morgan fingerprint density at radius 3 is 2.37 bits per heavy atom. The van der Waals surface area contributed by atoms with E-state index in [1.807, 2.05) is 24.3 Å². The number of hydrogen-bond donors (Lipinski definition) is 0. The van der Waals surface area contributed by atoms with E-state index in [9.17, 15) is 0 Å². The molecule has 0 saturated carbocycles. The van der Waals surface area contributed by atoms with Crippen LogP contribution in [0.5, 0.6) is 0 Å². The Morgan fingerprint density at radius 2 is 1.63 bits per heavy atom. The van der Waals surface area contributed by atoms with E-state index in [0.717, 1.165) is 22.0 Å². The molecule has 2 heteroatoms. The van der Waals surface area contributed by atoms with Gasteiger partial charge in [0.1, 0.15) is 0 Å². The number of rotatable bonds is 1. The van der Waals surface area contributed by atoms with Gasteiger partial charge in [0.15, 0.2) is 0 Å². The highest BCUT2D eigenvalue weighted by atomic mass is 35.5. The molecule has 1 nitrogen and oxygen atoms in total. The first kappa shape index (κ1) is 12.2. The molecule has 3 aromatic rings. The number of halogens is 1. The second kappa shape index (κ2) is 4.67. The first-order chi connectivity index (χ1) is 9.13. The predicted molar refractivity (Wildman–Crippen MR) is 81.7 cm³/mol. The van der Waals surface area contributed by atoms with Gasteiger partial charge >= 0.3 is 0 Å². The Balaban J connectivity index is 2.22. The molecule has 0 unspecified atom stereocenters. The first-order valence-electron chi connectivity index (χ1n) is 6.27. The van der Waals surface area contributed by atoms with E-state index < -0.39 is 0 Å². The number of nitrogens with zero attached hydrogens (tertiary/aromatic N) is 1. The summed E-state index contributed by atoms with van der Waals surface area (Å²) in [7, 11) is 0. The maximum atomic E-state index is 5.93. The lowest BCUT2D eigenvalue weighted by Crippen LogP contribution is -1.90. The van der Waals surface area contributed by atoms with Gasteiger partial charge in [0.25, 0.3) is 0 Å². The zero-order valence-corrected chi connectivity index (χ0v) is 11.7. The number of pyridine rings is 1. The van der Waals surface area contributed by atoms with Gasteiger partial charge < -0.3 is 0 Å². The van der Waals surface area contributed by atoms with Gasteiger partial charge in [-0.2, -0.15) is 0 Å². The van der Waals surface area contributed by atoms with Gasteiger partial charge in [-0.15, -0.1) is 0 Å². The molecule has 0 fully saturated rings. The SMILES string of the molecule is Cc1ccc2c(C)nc(-c3ccc(Cl)cc3)cc2c1. The molecular weight excluding hydrogens is 254 g/mol. The number of aromatic nitrogens is 1. The van der Waals surface area contributed by atoms with Crippen molar-refractivity contribution in [2.75, 3.05) is 0 Å². The van der Waals surface area contributed by atoms with Crippen molar-refractivity contribution in [3.05, 3.63) is 64.8 Å². The average Bonchev–Trinajstić information content (AvgIpc) is 2.38. The second-order valence-corrected chi connectivity index (χ2v) is 5.26. The van der Waals surface area contributed by atoms with Gasteiger partial charge in [0, 0.05) is 21.7 Å². The fourth-order valence-corrected chi connectivity index (χ4v) is 2.45. The highest BCUT2D eigenvalue weighted by Gasteiger charge is 2.05. The van der Waals surface area contributed by atoms with Gasteiger partial charge in [-0.05, 0) is 37.4 Å². The van der Waals surface area contributed by atoms with Gasteiger partial charge in [-0.3, -0.25) is 4.98 Å². The molecule has 2 aromatic carbocycles. The van der Waals surface area contributed by atoms with Crippen molar-refractivity contribution < 1.29 is 0 Å². The Hall–Kier alpha value is -1.86. The van der Waals surface area contributed by atoms with Gasteiger partial charge in [0.05, 0.1) is 5.69 Å². The minimum absolute atomic E-state index is 0.747. The molecule has 0 atom stereocenters. The standard InChI is InChI=1S/C17H14ClN/c1-11-3-8-16-12(2)19-17(10-14(16)9-11)13-4-6-15(18)7-5-13/h3-10H,1-2H3. The van der Waals surface area contributed by atoms with Crippen LogP contribution in [-0.2, 0) is 0 Å². The predicted octanol–water partition coefficient (Wildman–Crippen LogP) is 5.17. The van der Waals surface area contributed by atoms with Gasteiger partial charge in [-0.1, -0.05) is 47.5 Å². The molecule has 0 bridgehead atoms. The van der Waals surface area contributed by atoms with Crippen LogP contribution in [0.15, 0.2) is 48.5 Å². The highest BCUT2D eigenvalue weighted by Crippen LogP contribution is 2.26. The summed E-state index contributed by atoms with van der Waals surface area (Å²) >= 11 is 5.93. The molecule has 19 heavy (non-hydrogen) atoms. The lowest BCUT2D eigenvalue weighted by atomic mass is 10.0. The van der Waals surface area contributed by atoms with Crippen LogP contribution in [0.3, 0.4) is 0 Å². The molecule has 0 N–H and O–H groups in total. The molecule has 0 aliphatic carbocycles. The quantitative estimate of drug-likeness (QED) is 0.593. The van der Waals surface area contributed by atoms with Crippen LogP contribution in [0.1, 0.15) is 11.3 Å². The minimum atomic E-state index is 0.747. The Bertz CT molecular complexity index is 745. The van der Waals surface area contributed by atoms with Crippen molar-refractivity contribution >= 4 is 22.4 Å². The first-order valence-corrected chi connectivity index (χ1v) is 6.65. The summed E-state index contributed by atoms with van der Waals surface area (Å²) < 4.78 is 0. The fourth-order valence-electron chi connectivity index (χ4n) is 2.32. The number of fused-ring (bicyclic) bond motifs is 1. The lowest BCUT2D eigenvalue weighted by molar-refractivity contribution is 1.24. The maximum absolute atomic E-state index is 5.93. The van der Waals surface area contributed by atoms with Crippen molar-refractivity contribution in [2.45, 2.75) is 13.8 Å². The summed E-state index contributed by atoms with van der Waals surface area (Å²) in [5.41, 5.74) is 4.41. The Kier molecular flexibility index (Phi) is 3.00. The summed E-state index contributed by atoms with van der Waals surface area (Å²) in [6.07, 6.45) is 0. The van der Waals surface area contributed by atoms with Crippen molar-refractivity contribution in [1.82, 2.24) is 4.98 Å². The second-order valence-electron chi connectivity index (χ2n) is 4.82. The van der Waals surface area contributed by atoms with Crippen LogP contribution in [0.4, 0.5) is 0 Å². The molecule has 94 valence electrons. The molecule has 1 aromatic heterocycles. The van der Waals surface area contributed by atoms with Crippen LogP contribution in [0.2, 0.25) is 5.02 Å². The molecule has 0 saturated heterocycles. The Labute approximate surface area is 117 Å². The van der Waals surface area contributed by atoms with E-state index in [0.29, 0.717) is 0 Å². The van der Waals surface area contributed by atoms with E-state index in [2.05, 4.69) is 43.1 Å². The topological polar surface area (TPSA) is 12.9 Å². The molecular formula is C17H14ClN. The fraction of sp³-hybridized carbons (Fsp3) is 0.118. The summed E-state index contributed by atoms with van der Waals surface area (Å²) in [6.45, 7) is 4.16. The zero-order valence-electron chi connectivity index (χ0n) is 10.9. The van der Waals surface area contributed by atoms with Crippen LogP contribution < -0.4 is 0 Å². The summed E-state index contributed by atoms with van der Waals surface area (Å²) in [4.78, 5) is 4.69. The molecule has 0 aliphatic heterocycles. The van der Waals surface area contributed by atoms with Gasteiger partial charge in [0.2, 0.25) is 0 Å². The maximum Gasteiger partial charge on any atom is 0.0711 e. The van der Waals surface area contributed by atoms with Gasteiger partial charge in [-0.25, -0.2) is 0 Å². The third-order valence-corrected chi connectivity index (χ3v) is 3.57. The van der Waals surface area contributed by atoms with Crippen LogP contribution in [-0.4, -0.2) is 4.98 Å². The average molecular weight is 268 g/mol. The molecule has 0 aliphatic rings. The monoisotopic (exact) mass is 267 g/mol. The Morgan fingerprint density at radius 1 is 0.895 bits per heavy atom.